The van der Waals surface area contributed by atoms with E-state index < -0.39 is 0 Å². The standard InChI is InChI=1S/C8H8BrClN2O/c1-5(9)4-12-6(2)11-7(10)3-8(12)13/h3H,1,4H2,2H3. The third-order valence-corrected chi connectivity index (χ3v) is 1.94. The van der Waals surface area contributed by atoms with Crippen molar-refractivity contribution in [3.8, 4) is 0 Å². The van der Waals surface area contributed by atoms with Crippen LogP contribution in [0.15, 0.2) is 21.9 Å². The van der Waals surface area contributed by atoms with Crippen molar-refractivity contribution in [2.24, 2.45) is 0 Å². The quantitative estimate of drug-likeness (QED) is 0.766. The number of halogens is 2. The number of allylic oxidation sites excluding steroid dienone is 1. The van der Waals surface area contributed by atoms with Gasteiger partial charge in [0, 0.05) is 10.5 Å². The molecule has 1 rings (SSSR count). The second-order valence-electron chi connectivity index (χ2n) is 2.57. The molecular formula is C8H8BrClN2O. The average molecular weight is 264 g/mol. The molecule has 0 aliphatic heterocycles. The second-order valence-corrected chi connectivity index (χ2v) is 4.08. The first-order valence-corrected chi connectivity index (χ1v) is 4.75. The highest BCUT2D eigenvalue weighted by molar-refractivity contribution is 9.11. The van der Waals surface area contributed by atoms with Crippen LogP contribution in [-0.4, -0.2) is 9.55 Å². The minimum absolute atomic E-state index is 0.168. The van der Waals surface area contributed by atoms with Crippen molar-refractivity contribution in [1.29, 1.82) is 0 Å². The molecule has 0 saturated heterocycles. The van der Waals surface area contributed by atoms with Gasteiger partial charge in [0.05, 0.1) is 6.54 Å². The van der Waals surface area contributed by atoms with E-state index in [1.165, 1.54) is 10.6 Å². The van der Waals surface area contributed by atoms with Gasteiger partial charge in [-0.25, -0.2) is 4.98 Å². The van der Waals surface area contributed by atoms with E-state index in [9.17, 15) is 4.79 Å². The number of hydrogen-bond donors (Lipinski definition) is 0. The highest BCUT2D eigenvalue weighted by Crippen LogP contribution is 2.06. The summed E-state index contributed by atoms with van der Waals surface area (Å²) >= 11 is 8.78. The summed E-state index contributed by atoms with van der Waals surface area (Å²) in [6.07, 6.45) is 0. The molecule has 0 spiro atoms. The van der Waals surface area contributed by atoms with Crippen molar-refractivity contribution in [3.05, 3.63) is 38.5 Å². The largest absolute Gasteiger partial charge is 0.292 e. The number of aromatic nitrogens is 2. The van der Waals surface area contributed by atoms with Gasteiger partial charge in [0.2, 0.25) is 0 Å². The Kier molecular flexibility index (Phi) is 3.27. The van der Waals surface area contributed by atoms with E-state index >= 15 is 0 Å². The van der Waals surface area contributed by atoms with Crippen LogP contribution in [0.5, 0.6) is 0 Å². The van der Waals surface area contributed by atoms with Gasteiger partial charge in [-0.1, -0.05) is 34.1 Å². The summed E-state index contributed by atoms with van der Waals surface area (Å²) in [5.74, 6) is 0.582. The fourth-order valence-electron chi connectivity index (χ4n) is 0.950. The molecule has 0 radical (unpaired) electrons. The Morgan fingerprint density at radius 2 is 2.46 bits per heavy atom. The summed E-state index contributed by atoms with van der Waals surface area (Å²) in [6, 6.07) is 1.28. The van der Waals surface area contributed by atoms with Crippen molar-refractivity contribution in [2.45, 2.75) is 13.5 Å². The molecule has 0 amide bonds. The van der Waals surface area contributed by atoms with Gasteiger partial charge in [-0.15, -0.1) is 0 Å². The molecular weight excluding hydrogens is 255 g/mol. The zero-order chi connectivity index (χ0) is 10.0. The summed E-state index contributed by atoms with van der Waals surface area (Å²) in [5, 5.41) is 0.221. The van der Waals surface area contributed by atoms with Crippen LogP contribution in [0.4, 0.5) is 0 Å². The van der Waals surface area contributed by atoms with Crippen LogP contribution in [0.3, 0.4) is 0 Å². The third-order valence-electron chi connectivity index (χ3n) is 1.50. The van der Waals surface area contributed by atoms with Gasteiger partial charge in [-0.05, 0) is 6.92 Å². The highest BCUT2D eigenvalue weighted by atomic mass is 79.9. The first kappa shape index (κ1) is 10.5. The maximum absolute atomic E-state index is 11.4. The molecule has 13 heavy (non-hydrogen) atoms. The molecule has 1 aromatic heterocycles. The van der Waals surface area contributed by atoms with Crippen LogP contribution in [0.1, 0.15) is 5.82 Å². The fourth-order valence-corrected chi connectivity index (χ4v) is 1.42. The molecule has 0 atom stereocenters. The van der Waals surface area contributed by atoms with E-state index in [0.717, 1.165) is 4.48 Å². The van der Waals surface area contributed by atoms with Gasteiger partial charge in [-0.3, -0.25) is 9.36 Å². The van der Waals surface area contributed by atoms with E-state index in [0.29, 0.717) is 12.4 Å². The predicted octanol–water partition coefficient (Wildman–Crippen LogP) is 2.11. The van der Waals surface area contributed by atoms with Crippen LogP contribution >= 0.6 is 27.5 Å². The molecule has 0 saturated carbocycles. The predicted molar refractivity (Wildman–Crippen MR) is 56.3 cm³/mol. The van der Waals surface area contributed by atoms with Crippen LogP contribution in [0.2, 0.25) is 5.15 Å². The van der Waals surface area contributed by atoms with E-state index in [2.05, 4.69) is 27.5 Å². The zero-order valence-electron chi connectivity index (χ0n) is 7.05. The fraction of sp³-hybridized carbons (Fsp3) is 0.250. The Morgan fingerprint density at radius 1 is 1.85 bits per heavy atom. The molecule has 70 valence electrons. The van der Waals surface area contributed by atoms with Gasteiger partial charge < -0.3 is 0 Å². The van der Waals surface area contributed by atoms with Gasteiger partial charge in [0.1, 0.15) is 11.0 Å². The topological polar surface area (TPSA) is 34.9 Å². The van der Waals surface area contributed by atoms with Crippen LogP contribution < -0.4 is 5.56 Å². The lowest BCUT2D eigenvalue weighted by molar-refractivity contribution is 0.711. The van der Waals surface area contributed by atoms with Gasteiger partial charge in [-0.2, -0.15) is 0 Å². The van der Waals surface area contributed by atoms with E-state index in [-0.39, 0.29) is 10.7 Å². The van der Waals surface area contributed by atoms with Crippen molar-refractivity contribution < 1.29 is 0 Å². The van der Waals surface area contributed by atoms with Crippen LogP contribution in [0.25, 0.3) is 0 Å². The van der Waals surface area contributed by atoms with Gasteiger partial charge >= 0.3 is 0 Å². The number of nitrogens with zero attached hydrogens (tertiary/aromatic N) is 2. The van der Waals surface area contributed by atoms with Crippen molar-refractivity contribution in [2.75, 3.05) is 0 Å². The summed E-state index contributed by atoms with van der Waals surface area (Å²) in [5.41, 5.74) is -0.168. The molecule has 3 nitrogen and oxygen atoms in total. The molecule has 0 N–H and O–H groups in total. The molecule has 0 bridgehead atoms. The smallest absolute Gasteiger partial charge is 0.255 e. The Morgan fingerprint density at radius 3 is 2.92 bits per heavy atom. The van der Waals surface area contributed by atoms with Crippen LogP contribution in [-0.2, 0) is 6.54 Å². The van der Waals surface area contributed by atoms with Crippen LogP contribution in [0, 0.1) is 6.92 Å². The SMILES string of the molecule is C=C(Br)Cn1c(C)nc(Cl)cc1=O. The van der Waals surface area contributed by atoms with E-state index in [1.807, 2.05) is 0 Å². The Balaban J connectivity index is 3.21. The lowest BCUT2D eigenvalue weighted by atomic mass is 10.5. The summed E-state index contributed by atoms with van der Waals surface area (Å²) in [4.78, 5) is 15.3. The molecule has 0 unspecified atom stereocenters. The lowest BCUT2D eigenvalue weighted by Crippen LogP contribution is -2.22. The molecule has 1 aromatic rings. The van der Waals surface area contributed by atoms with Crippen molar-refractivity contribution in [3.63, 3.8) is 0 Å². The molecule has 0 aliphatic carbocycles. The lowest BCUT2D eigenvalue weighted by Gasteiger charge is -2.07. The minimum atomic E-state index is -0.168. The molecule has 5 heteroatoms. The summed E-state index contributed by atoms with van der Waals surface area (Å²) < 4.78 is 2.21. The maximum Gasteiger partial charge on any atom is 0.255 e. The Hall–Kier alpha value is -0.610. The van der Waals surface area contributed by atoms with Crippen molar-refractivity contribution >= 4 is 27.5 Å². The summed E-state index contributed by atoms with van der Waals surface area (Å²) in [7, 11) is 0. The highest BCUT2D eigenvalue weighted by Gasteiger charge is 2.03. The molecule has 0 aliphatic rings. The minimum Gasteiger partial charge on any atom is -0.292 e. The monoisotopic (exact) mass is 262 g/mol. The maximum atomic E-state index is 11.4. The Labute approximate surface area is 89.2 Å². The summed E-state index contributed by atoms with van der Waals surface area (Å²) in [6.45, 7) is 5.79. The number of hydrogen-bond acceptors (Lipinski definition) is 2. The first-order chi connectivity index (χ1) is 6.00. The average Bonchev–Trinajstić information content (AvgIpc) is 1.96. The van der Waals surface area contributed by atoms with Gasteiger partial charge in [0.15, 0.2) is 0 Å². The second kappa shape index (κ2) is 4.07. The molecule has 0 fully saturated rings. The van der Waals surface area contributed by atoms with E-state index in [4.69, 9.17) is 11.6 Å². The number of rotatable bonds is 2. The van der Waals surface area contributed by atoms with Crippen molar-refractivity contribution in [1.82, 2.24) is 9.55 Å². The van der Waals surface area contributed by atoms with E-state index in [1.54, 1.807) is 6.92 Å². The molecule has 0 aromatic carbocycles. The third kappa shape index (κ3) is 2.67. The Bertz CT molecular complexity index is 400. The normalized spacial score (nSPS) is 10.1. The first-order valence-electron chi connectivity index (χ1n) is 3.58. The zero-order valence-corrected chi connectivity index (χ0v) is 9.39. The number of aryl methyl sites for hydroxylation is 1. The molecule has 1 heterocycles. The van der Waals surface area contributed by atoms with Gasteiger partial charge in [0.25, 0.3) is 5.56 Å².